The van der Waals surface area contributed by atoms with E-state index < -0.39 is 11.2 Å². The van der Waals surface area contributed by atoms with Gasteiger partial charge in [-0.05, 0) is 24.6 Å². The molecule has 0 saturated carbocycles. The van der Waals surface area contributed by atoms with Crippen LogP contribution in [0.25, 0.3) is 21.9 Å². The number of hydrogen-bond donors (Lipinski definition) is 2. The first-order chi connectivity index (χ1) is 13.4. The molecule has 1 amide bonds. The Labute approximate surface area is 159 Å². The van der Waals surface area contributed by atoms with E-state index in [0.717, 1.165) is 26.7 Å². The minimum absolute atomic E-state index is 0.194. The third-order valence-corrected chi connectivity index (χ3v) is 4.94. The van der Waals surface area contributed by atoms with Crippen LogP contribution in [0.2, 0.25) is 0 Å². The van der Waals surface area contributed by atoms with Gasteiger partial charge in [-0.3, -0.25) is 18.7 Å². The number of nitrogens with one attached hydrogen (secondary N) is 2. The molecule has 0 saturated heterocycles. The van der Waals surface area contributed by atoms with Crippen molar-refractivity contribution in [3.63, 3.8) is 0 Å². The van der Waals surface area contributed by atoms with Gasteiger partial charge in [0.15, 0.2) is 0 Å². The third-order valence-electron chi connectivity index (χ3n) is 4.94. The molecule has 0 aliphatic heterocycles. The fourth-order valence-corrected chi connectivity index (χ4v) is 3.46. The van der Waals surface area contributed by atoms with E-state index >= 15 is 0 Å². The van der Waals surface area contributed by atoms with Crippen molar-refractivity contribution in [1.29, 1.82) is 0 Å². The summed E-state index contributed by atoms with van der Waals surface area (Å²) in [6.45, 7) is 1.93. The summed E-state index contributed by atoms with van der Waals surface area (Å²) in [5.74, 6) is -0.212. The van der Waals surface area contributed by atoms with Crippen molar-refractivity contribution >= 4 is 33.5 Å². The Bertz CT molecular complexity index is 1360. The lowest BCUT2D eigenvalue weighted by Crippen LogP contribution is -2.37. The van der Waals surface area contributed by atoms with Gasteiger partial charge in [0.2, 0.25) is 5.91 Å². The zero-order valence-electron chi connectivity index (χ0n) is 15.7. The van der Waals surface area contributed by atoms with E-state index in [1.807, 2.05) is 31.2 Å². The van der Waals surface area contributed by atoms with Gasteiger partial charge in [0.1, 0.15) is 5.65 Å². The number of hydrogen-bond acceptors (Lipinski definition) is 4. The minimum atomic E-state index is -0.450. The highest BCUT2D eigenvalue weighted by Gasteiger charge is 2.14. The summed E-state index contributed by atoms with van der Waals surface area (Å²) in [6.07, 6.45) is 1.64. The van der Waals surface area contributed by atoms with Gasteiger partial charge in [-0.15, -0.1) is 0 Å². The molecule has 142 valence electrons. The molecular formula is C20H19N5O3. The van der Waals surface area contributed by atoms with Gasteiger partial charge in [-0.25, -0.2) is 9.78 Å². The number of aromatic amines is 1. The molecule has 0 spiro atoms. The summed E-state index contributed by atoms with van der Waals surface area (Å²) in [5, 5.41) is 4.07. The monoisotopic (exact) mass is 377 g/mol. The van der Waals surface area contributed by atoms with Gasteiger partial charge in [0.25, 0.3) is 5.56 Å². The number of carbonyl (C=O) groups excluding carboxylic acids is 1. The molecule has 0 radical (unpaired) electrons. The molecule has 2 N–H and O–H groups in total. The van der Waals surface area contributed by atoms with Crippen molar-refractivity contribution in [2.75, 3.05) is 5.32 Å². The molecule has 0 atom stereocenters. The number of aromatic nitrogens is 4. The molecule has 0 unspecified atom stereocenters. The molecule has 8 nitrogen and oxygen atoms in total. The van der Waals surface area contributed by atoms with Crippen LogP contribution in [0.5, 0.6) is 0 Å². The molecule has 3 heterocycles. The maximum Gasteiger partial charge on any atom is 0.332 e. The van der Waals surface area contributed by atoms with Gasteiger partial charge in [0.05, 0.1) is 23.7 Å². The summed E-state index contributed by atoms with van der Waals surface area (Å²) in [6, 6.07) is 9.37. The van der Waals surface area contributed by atoms with Crippen LogP contribution in [-0.2, 0) is 25.3 Å². The molecule has 8 heteroatoms. The second-order valence-corrected chi connectivity index (χ2v) is 6.80. The quantitative estimate of drug-likeness (QED) is 0.566. The van der Waals surface area contributed by atoms with E-state index in [-0.39, 0.29) is 23.4 Å². The van der Waals surface area contributed by atoms with Crippen LogP contribution in [0.15, 0.2) is 46.1 Å². The number of pyridine rings is 1. The second-order valence-electron chi connectivity index (χ2n) is 6.80. The third kappa shape index (κ3) is 2.79. The Morgan fingerprint density at radius 3 is 2.68 bits per heavy atom. The predicted octanol–water partition coefficient (Wildman–Crippen LogP) is 1.60. The number of para-hydroxylation sites is 1. The molecule has 3 aromatic heterocycles. The van der Waals surface area contributed by atoms with E-state index in [2.05, 4.69) is 15.3 Å². The van der Waals surface area contributed by atoms with Gasteiger partial charge < -0.3 is 10.3 Å². The van der Waals surface area contributed by atoms with E-state index in [9.17, 15) is 14.4 Å². The van der Waals surface area contributed by atoms with Gasteiger partial charge in [0, 0.05) is 30.7 Å². The first kappa shape index (κ1) is 17.7. The standard InChI is InChI=1S/C20H19N5O3/c1-11-14(13-6-4-5-7-16(13)22-11)9-17(26)23-12-8-15-18(21-10-12)24(2)20(28)25(3)19(15)27/h4-8,10,22H,9H2,1-3H3,(H,23,26). The molecule has 0 aliphatic carbocycles. The van der Waals surface area contributed by atoms with Crippen LogP contribution in [-0.4, -0.2) is 25.0 Å². The molecule has 28 heavy (non-hydrogen) atoms. The lowest BCUT2D eigenvalue weighted by Gasteiger charge is -2.09. The number of nitrogens with zero attached hydrogens (tertiary/aromatic N) is 3. The molecule has 1 aromatic carbocycles. The topological polar surface area (TPSA) is 102 Å². The fourth-order valence-electron chi connectivity index (χ4n) is 3.46. The SMILES string of the molecule is Cc1[nH]c2ccccc2c1CC(=O)Nc1cnc2c(c1)c(=O)n(C)c(=O)n2C. The number of rotatable bonds is 3. The normalized spacial score (nSPS) is 11.2. The van der Waals surface area contributed by atoms with Crippen molar-refractivity contribution < 1.29 is 4.79 Å². The zero-order valence-corrected chi connectivity index (χ0v) is 15.7. The predicted molar refractivity (Wildman–Crippen MR) is 108 cm³/mol. The summed E-state index contributed by atoms with van der Waals surface area (Å²) in [4.78, 5) is 44.4. The number of benzene rings is 1. The van der Waals surface area contributed by atoms with Gasteiger partial charge in [-0.2, -0.15) is 0 Å². The minimum Gasteiger partial charge on any atom is -0.358 e. The van der Waals surface area contributed by atoms with Gasteiger partial charge >= 0.3 is 5.69 Å². The molecule has 4 rings (SSSR count). The lowest BCUT2D eigenvalue weighted by atomic mass is 10.1. The van der Waals surface area contributed by atoms with Crippen LogP contribution in [0.4, 0.5) is 5.69 Å². The van der Waals surface area contributed by atoms with Crippen LogP contribution in [0.3, 0.4) is 0 Å². The molecule has 4 aromatic rings. The van der Waals surface area contributed by atoms with Crippen LogP contribution in [0.1, 0.15) is 11.3 Å². The summed E-state index contributed by atoms with van der Waals surface area (Å²) >= 11 is 0. The van der Waals surface area contributed by atoms with E-state index in [1.165, 1.54) is 17.8 Å². The van der Waals surface area contributed by atoms with Gasteiger partial charge in [-0.1, -0.05) is 18.2 Å². The highest BCUT2D eigenvalue weighted by molar-refractivity contribution is 5.97. The fraction of sp³-hybridized carbons (Fsp3) is 0.200. The van der Waals surface area contributed by atoms with E-state index in [0.29, 0.717) is 5.69 Å². The maximum absolute atomic E-state index is 12.6. The Morgan fingerprint density at radius 2 is 1.89 bits per heavy atom. The number of anilines is 1. The average Bonchev–Trinajstić information content (AvgIpc) is 3.00. The highest BCUT2D eigenvalue weighted by Crippen LogP contribution is 2.22. The number of aryl methyl sites for hydroxylation is 2. The Kier molecular flexibility index (Phi) is 4.11. The smallest absolute Gasteiger partial charge is 0.332 e. The molecule has 0 fully saturated rings. The lowest BCUT2D eigenvalue weighted by molar-refractivity contribution is -0.115. The van der Waals surface area contributed by atoms with E-state index in [4.69, 9.17) is 0 Å². The number of carbonyl (C=O) groups is 1. The largest absolute Gasteiger partial charge is 0.358 e. The van der Waals surface area contributed by atoms with Crippen molar-refractivity contribution in [1.82, 2.24) is 19.1 Å². The van der Waals surface area contributed by atoms with Crippen LogP contribution >= 0.6 is 0 Å². The number of H-pyrrole nitrogens is 1. The summed E-state index contributed by atoms with van der Waals surface area (Å²) in [7, 11) is 2.96. The van der Waals surface area contributed by atoms with Crippen molar-refractivity contribution in [2.24, 2.45) is 14.1 Å². The number of fused-ring (bicyclic) bond motifs is 2. The highest BCUT2D eigenvalue weighted by atomic mass is 16.2. The Hall–Kier alpha value is -3.68. The van der Waals surface area contributed by atoms with Crippen molar-refractivity contribution in [3.8, 4) is 0 Å². The molecular weight excluding hydrogens is 358 g/mol. The molecule has 0 aliphatic rings. The summed E-state index contributed by atoms with van der Waals surface area (Å²) < 4.78 is 2.32. The second kappa shape index (κ2) is 6.49. The first-order valence-electron chi connectivity index (χ1n) is 8.78. The van der Waals surface area contributed by atoms with Crippen LogP contribution < -0.4 is 16.6 Å². The van der Waals surface area contributed by atoms with Crippen molar-refractivity contribution in [2.45, 2.75) is 13.3 Å². The summed E-state index contributed by atoms with van der Waals surface area (Å²) in [5.41, 5.74) is 2.65. The molecule has 0 bridgehead atoms. The van der Waals surface area contributed by atoms with Crippen LogP contribution in [0, 0.1) is 6.92 Å². The zero-order chi connectivity index (χ0) is 20.0. The van der Waals surface area contributed by atoms with Crippen molar-refractivity contribution in [3.05, 3.63) is 68.6 Å². The van der Waals surface area contributed by atoms with E-state index in [1.54, 1.807) is 13.1 Å². The average molecular weight is 377 g/mol. The number of amides is 1. The maximum atomic E-state index is 12.6. The first-order valence-corrected chi connectivity index (χ1v) is 8.78. The Balaban J connectivity index is 1.66. The Morgan fingerprint density at radius 1 is 1.14 bits per heavy atom.